The van der Waals surface area contributed by atoms with Crippen molar-refractivity contribution in [3.8, 4) is 0 Å². The molecule has 0 aromatic carbocycles. The minimum Gasteiger partial charge on any atom is -0.378 e. The van der Waals surface area contributed by atoms with Crippen LogP contribution in [0.25, 0.3) is 0 Å². The lowest BCUT2D eigenvalue weighted by molar-refractivity contribution is -0.135. The average molecular weight is 294 g/mol. The van der Waals surface area contributed by atoms with Crippen LogP contribution in [-0.2, 0) is 9.53 Å². The lowest BCUT2D eigenvalue weighted by Gasteiger charge is -2.37. The SMILES string of the molecule is O=C(CCNC1CCC2(CCCC2)CC1)N1CCOCC1. The maximum absolute atomic E-state index is 12.1. The van der Waals surface area contributed by atoms with Crippen LogP contribution in [0.5, 0.6) is 0 Å². The highest BCUT2D eigenvalue weighted by molar-refractivity contribution is 5.76. The highest BCUT2D eigenvalue weighted by Crippen LogP contribution is 2.48. The second-order valence-corrected chi connectivity index (χ2v) is 7.18. The maximum atomic E-state index is 12.1. The van der Waals surface area contributed by atoms with E-state index >= 15 is 0 Å². The molecule has 3 fully saturated rings. The number of nitrogens with zero attached hydrogens (tertiary/aromatic N) is 1. The van der Waals surface area contributed by atoms with Crippen LogP contribution in [0.2, 0.25) is 0 Å². The maximum Gasteiger partial charge on any atom is 0.224 e. The first-order valence-electron chi connectivity index (χ1n) is 8.86. The molecule has 1 aliphatic heterocycles. The van der Waals surface area contributed by atoms with Gasteiger partial charge in [-0.25, -0.2) is 0 Å². The van der Waals surface area contributed by atoms with E-state index < -0.39 is 0 Å². The van der Waals surface area contributed by atoms with Crippen molar-refractivity contribution in [1.82, 2.24) is 10.2 Å². The van der Waals surface area contributed by atoms with E-state index in [9.17, 15) is 4.79 Å². The molecule has 0 bridgehead atoms. The summed E-state index contributed by atoms with van der Waals surface area (Å²) in [6.07, 6.45) is 11.9. The van der Waals surface area contributed by atoms with E-state index in [4.69, 9.17) is 4.74 Å². The second kappa shape index (κ2) is 7.10. The second-order valence-electron chi connectivity index (χ2n) is 7.18. The van der Waals surface area contributed by atoms with Gasteiger partial charge in [0.2, 0.25) is 5.91 Å². The fourth-order valence-corrected chi connectivity index (χ4v) is 4.41. The molecule has 2 saturated carbocycles. The molecule has 3 aliphatic rings. The predicted molar refractivity (Wildman–Crippen MR) is 83.2 cm³/mol. The number of hydrogen-bond donors (Lipinski definition) is 1. The summed E-state index contributed by atoms with van der Waals surface area (Å²) in [4.78, 5) is 14.0. The third-order valence-corrected chi connectivity index (χ3v) is 5.85. The van der Waals surface area contributed by atoms with Crippen LogP contribution in [0.15, 0.2) is 0 Å². The standard InChI is InChI=1S/C17H30N2O2/c20-16(19-11-13-21-14-12-19)5-10-18-15-3-8-17(9-4-15)6-1-2-7-17/h15,18H,1-14H2. The van der Waals surface area contributed by atoms with Crippen LogP contribution >= 0.6 is 0 Å². The molecule has 0 unspecified atom stereocenters. The van der Waals surface area contributed by atoms with Gasteiger partial charge in [0.1, 0.15) is 0 Å². The Hall–Kier alpha value is -0.610. The molecule has 0 radical (unpaired) electrons. The van der Waals surface area contributed by atoms with Gasteiger partial charge in [0.25, 0.3) is 0 Å². The molecule has 1 saturated heterocycles. The van der Waals surface area contributed by atoms with Gasteiger partial charge in [-0.15, -0.1) is 0 Å². The van der Waals surface area contributed by atoms with Crippen molar-refractivity contribution in [3.63, 3.8) is 0 Å². The van der Waals surface area contributed by atoms with E-state index in [1.165, 1.54) is 51.4 Å². The van der Waals surface area contributed by atoms with Gasteiger partial charge in [-0.2, -0.15) is 0 Å². The molecule has 21 heavy (non-hydrogen) atoms. The number of morpholine rings is 1. The topological polar surface area (TPSA) is 41.6 Å². The normalized spacial score (nSPS) is 26.4. The molecule has 3 rings (SSSR count). The Bertz CT molecular complexity index is 337. The molecule has 120 valence electrons. The van der Waals surface area contributed by atoms with Crippen LogP contribution in [0.1, 0.15) is 57.8 Å². The molecule has 0 atom stereocenters. The van der Waals surface area contributed by atoms with E-state index in [0.29, 0.717) is 31.1 Å². The van der Waals surface area contributed by atoms with Gasteiger partial charge in [-0.3, -0.25) is 4.79 Å². The summed E-state index contributed by atoms with van der Waals surface area (Å²) in [5.41, 5.74) is 0.710. The van der Waals surface area contributed by atoms with E-state index in [0.717, 1.165) is 19.6 Å². The van der Waals surface area contributed by atoms with Crippen LogP contribution in [0.4, 0.5) is 0 Å². The van der Waals surface area contributed by atoms with Crippen molar-refractivity contribution in [2.45, 2.75) is 63.8 Å². The Morgan fingerprint density at radius 2 is 1.76 bits per heavy atom. The van der Waals surface area contributed by atoms with Crippen molar-refractivity contribution >= 4 is 5.91 Å². The highest BCUT2D eigenvalue weighted by atomic mass is 16.5. The van der Waals surface area contributed by atoms with Gasteiger partial charge >= 0.3 is 0 Å². The van der Waals surface area contributed by atoms with E-state index in [1.54, 1.807) is 0 Å². The van der Waals surface area contributed by atoms with E-state index in [2.05, 4.69) is 5.32 Å². The Morgan fingerprint density at radius 3 is 2.43 bits per heavy atom. The first-order valence-corrected chi connectivity index (χ1v) is 8.86. The van der Waals surface area contributed by atoms with Crippen molar-refractivity contribution in [3.05, 3.63) is 0 Å². The summed E-state index contributed by atoms with van der Waals surface area (Å²) in [6, 6.07) is 0.647. The van der Waals surface area contributed by atoms with Crippen molar-refractivity contribution in [2.24, 2.45) is 5.41 Å². The average Bonchev–Trinajstić information content (AvgIpc) is 2.98. The number of amides is 1. The predicted octanol–water partition coefficient (Wildman–Crippen LogP) is 2.33. The zero-order chi connectivity index (χ0) is 14.5. The van der Waals surface area contributed by atoms with Gasteiger partial charge in [0.05, 0.1) is 13.2 Å². The fraction of sp³-hybridized carbons (Fsp3) is 0.941. The van der Waals surface area contributed by atoms with Gasteiger partial charge in [-0.05, 0) is 43.9 Å². The van der Waals surface area contributed by atoms with E-state index in [1.807, 2.05) is 4.90 Å². The summed E-state index contributed by atoms with van der Waals surface area (Å²) >= 11 is 0. The zero-order valence-corrected chi connectivity index (χ0v) is 13.2. The molecule has 1 amide bonds. The lowest BCUT2D eigenvalue weighted by Crippen LogP contribution is -2.43. The molecule has 4 heteroatoms. The summed E-state index contributed by atoms with van der Waals surface area (Å²) in [5, 5.41) is 3.62. The summed E-state index contributed by atoms with van der Waals surface area (Å²) in [7, 11) is 0. The van der Waals surface area contributed by atoms with Crippen molar-refractivity contribution in [2.75, 3.05) is 32.8 Å². The first-order chi connectivity index (χ1) is 10.3. The first kappa shape index (κ1) is 15.3. The molecule has 0 aromatic rings. The number of ether oxygens (including phenoxy) is 1. The number of rotatable bonds is 4. The molecule has 1 N–H and O–H groups in total. The number of carbonyl (C=O) groups excluding carboxylic acids is 1. The zero-order valence-electron chi connectivity index (χ0n) is 13.2. The molecule has 0 aromatic heterocycles. The van der Waals surface area contributed by atoms with Crippen molar-refractivity contribution in [1.29, 1.82) is 0 Å². The molecular formula is C17H30N2O2. The quantitative estimate of drug-likeness (QED) is 0.865. The molecule has 1 heterocycles. The van der Waals surface area contributed by atoms with Gasteiger partial charge in [0, 0.05) is 32.1 Å². The number of nitrogens with one attached hydrogen (secondary N) is 1. The minimum atomic E-state index is 0.286. The molecule has 4 nitrogen and oxygen atoms in total. The van der Waals surface area contributed by atoms with Crippen LogP contribution in [0, 0.1) is 5.41 Å². The van der Waals surface area contributed by atoms with Crippen LogP contribution in [0.3, 0.4) is 0 Å². The number of carbonyl (C=O) groups is 1. The minimum absolute atomic E-state index is 0.286. The Labute approximate surface area is 128 Å². The Balaban J connectivity index is 1.32. The third-order valence-electron chi connectivity index (χ3n) is 5.85. The lowest BCUT2D eigenvalue weighted by atomic mass is 9.71. The largest absolute Gasteiger partial charge is 0.378 e. The fourth-order valence-electron chi connectivity index (χ4n) is 4.41. The molecule has 2 aliphatic carbocycles. The highest BCUT2D eigenvalue weighted by Gasteiger charge is 2.37. The van der Waals surface area contributed by atoms with Gasteiger partial charge < -0.3 is 15.0 Å². The van der Waals surface area contributed by atoms with Crippen LogP contribution in [-0.4, -0.2) is 49.7 Å². The molecular weight excluding hydrogens is 264 g/mol. The molecule has 1 spiro atoms. The van der Waals surface area contributed by atoms with Crippen LogP contribution < -0.4 is 5.32 Å². The third kappa shape index (κ3) is 3.98. The van der Waals surface area contributed by atoms with E-state index in [-0.39, 0.29) is 5.91 Å². The summed E-state index contributed by atoms with van der Waals surface area (Å²) in [6.45, 7) is 3.77. The monoisotopic (exact) mass is 294 g/mol. The smallest absolute Gasteiger partial charge is 0.224 e. The summed E-state index contributed by atoms with van der Waals surface area (Å²) < 4.78 is 5.29. The summed E-state index contributed by atoms with van der Waals surface area (Å²) in [5.74, 6) is 0.286. The number of hydrogen-bond acceptors (Lipinski definition) is 3. The van der Waals surface area contributed by atoms with Gasteiger partial charge in [0.15, 0.2) is 0 Å². The Kier molecular flexibility index (Phi) is 5.17. The van der Waals surface area contributed by atoms with Crippen molar-refractivity contribution < 1.29 is 9.53 Å². The Morgan fingerprint density at radius 1 is 1.10 bits per heavy atom. The van der Waals surface area contributed by atoms with Gasteiger partial charge in [-0.1, -0.05) is 12.8 Å².